The molecule has 5 nitrogen and oxygen atoms in total. The monoisotopic (exact) mass is 339 g/mol. The Kier molecular flexibility index (Phi) is 4.54. The second kappa shape index (κ2) is 6.17. The number of carbonyl (C=O) groups is 3. The molecule has 0 atom stereocenters. The molecule has 0 spiro atoms. The van der Waals surface area contributed by atoms with Crippen LogP contribution in [-0.4, -0.2) is 34.3 Å². The van der Waals surface area contributed by atoms with Crippen molar-refractivity contribution in [2.75, 3.05) is 6.54 Å². The standard InChI is InChI=1S/C14H14BrNO4/c15-9-5-6-10-11(8-9)14(20)16(13(10)19)7-3-1-2-4-12(17)18/h5-6,8H,1-4,7H2,(H,17,18). The van der Waals surface area contributed by atoms with Gasteiger partial charge in [0.1, 0.15) is 0 Å². The van der Waals surface area contributed by atoms with Crippen LogP contribution < -0.4 is 0 Å². The zero-order valence-corrected chi connectivity index (χ0v) is 12.4. The number of rotatable bonds is 6. The van der Waals surface area contributed by atoms with Crippen LogP contribution in [0.15, 0.2) is 22.7 Å². The molecule has 2 rings (SSSR count). The van der Waals surface area contributed by atoms with Gasteiger partial charge in [-0.05, 0) is 31.0 Å². The first kappa shape index (κ1) is 14.7. The Morgan fingerprint density at radius 1 is 1.10 bits per heavy atom. The van der Waals surface area contributed by atoms with Gasteiger partial charge in [0.15, 0.2) is 0 Å². The molecule has 1 heterocycles. The number of fused-ring (bicyclic) bond motifs is 1. The van der Waals surface area contributed by atoms with Gasteiger partial charge in [-0.1, -0.05) is 22.4 Å². The summed E-state index contributed by atoms with van der Waals surface area (Å²) in [5.41, 5.74) is 0.860. The van der Waals surface area contributed by atoms with Crippen molar-refractivity contribution < 1.29 is 19.5 Å². The smallest absolute Gasteiger partial charge is 0.303 e. The summed E-state index contributed by atoms with van der Waals surface area (Å²) < 4.78 is 0.765. The van der Waals surface area contributed by atoms with E-state index < -0.39 is 5.97 Å². The van der Waals surface area contributed by atoms with Gasteiger partial charge in [0.25, 0.3) is 11.8 Å². The zero-order chi connectivity index (χ0) is 14.7. The summed E-state index contributed by atoms with van der Waals surface area (Å²) in [5.74, 6) is -1.36. The van der Waals surface area contributed by atoms with E-state index in [1.807, 2.05) is 0 Å². The molecule has 2 amide bonds. The quantitative estimate of drug-likeness (QED) is 0.638. The summed E-state index contributed by atoms with van der Waals surface area (Å²) in [6, 6.07) is 5.03. The fourth-order valence-corrected chi connectivity index (χ4v) is 2.55. The minimum Gasteiger partial charge on any atom is -0.481 e. The Morgan fingerprint density at radius 2 is 1.80 bits per heavy atom. The van der Waals surface area contributed by atoms with Crippen LogP contribution in [0.2, 0.25) is 0 Å². The van der Waals surface area contributed by atoms with Crippen molar-refractivity contribution in [1.82, 2.24) is 4.90 Å². The molecule has 1 aliphatic rings. The van der Waals surface area contributed by atoms with Gasteiger partial charge in [0, 0.05) is 17.4 Å². The maximum atomic E-state index is 12.1. The van der Waals surface area contributed by atoms with Crippen LogP contribution in [0, 0.1) is 0 Å². The van der Waals surface area contributed by atoms with Gasteiger partial charge in [-0.3, -0.25) is 19.3 Å². The van der Waals surface area contributed by atoms with Gasteiger partial charge in [0.2, 0.25) is 0 Å². The van der Waals surface area contributed by atoms with Gasteiger partial charge in [-0.15, -0.1) is 0 Å². The minimum absolute atomic E-state index is 0.120. The van der Waals surface area contributed by atoms with Gasteiger partial charge in [-0.2, -0.15) is 0 Å². The number of carboxylic acid groups (broad SMARTS) is 1. The summed E-state index contributed by atoms with van der Waals surface area (Å²) in [5, 5.41) is 8.53. The Labute approximate surface area is 124 Å². The third kappa shape index (κ3) is 3.07. The molecule has 0 aliphatic carbocycles. The lowest BCUT2D eigenvalue weighted by Crippen LogP contribution is -2.30. The largest absolute Gasteiger partial charge is 0.481 e. The topological polar surface area (TPSA) is 74.7 Å². The van der Waals surface area contributed by atoms with Crippen LogP contribution in [0.1, 0.15) is 46.4 Å². The number of carboxylic acids is 1. The highest BCUT2D eigenvalue weighted by molar-refractivity contribution is 9.10. The highest BCUT2D eigenvalue weighted by Gasteiger charge is 2.34. The fourth-order valence-electron chi connectivity index (χ4n) is 2.19. The molecule has 0 saturated carbocycles. The van der Waals surface area contributed by atoms with Gasteiger partial charge < -0.3 is 5.11 Å². The number of carbonyl (C=O) groups excluding carboxylic acids is 2. The van der Waals surface area contributed by atoms with Crippen molar-refractivity contribution >= 4 is 33.7 Å². The molecule has 1 aromatic rings. The predicted molar refractivity (Wildman–Crippen MR) is 75.6 cm³/mol. The van der Waals surface area contributed by atoms with Crippen molar-refractivity contribution in [1.29, 1.82) is 0 Å². The van der Waals surface area contributed by atoms with Crippen LogP contribution in [0.5, 0.6) is 0 Å². The zero-order valence-electron chi connectivity index (χ0n) is 10.8. The number of amides is 2. The summed E-state index contributed by atoms with van der Waals surface area (Å²) in [6.07, 6.45) is 1.99. The van der Waals surface area contributed by atoms with Crippen LogP contribution in [0.4, 0.5) is 0 Å². The van der Waals surface area contributed by atoms with E-state index in [0.29, 0.717) is 36.9 Å². The summed E-state index contributed by atoms with van der Waals surface area (Å²) >= 11 is 3.28. The molecule has 0 unspecified atom stereocenters. The van der Waals surface area contributed by atoms with Crippen molar-refractivity contribution in [2.45, 2.75) is 25.7 Å². The van der Waals surface area contributed by atoms with Crippen molar-refractivity contribution in [3.05, 3.63) is 33.8 Å². The average Bonchev–Trinajstić information content (AvgIpc) is 2.62. The maximum Gasteiger partial charge on any atom is 0.303 e. The number of aliphatic carboxylic acids is 1. The first-order valence-corrected chi connectivity index (χ1v) is 7.17. The SMILES string of the molecule is O=C(O)CCCCCN1C(=O)c2ccc(Br)cc2C1=O. The summed E-state index contributed by atoms with van der Waals surface area (Å²) in [7, 11) is 0. The Bertz CT molecular complexity index is 570. The molecule has 1 aliphatic heterocycles. The summed E-state index contributed by atoms with van der Waals surface area (Å²) in [4.78, 5) is 35.8. The number of unbranched alkanes of at least 4 members (excludes halogenated alkanes) is 2. The number of benzene rings is 1. The van der Waals surface area contributed by atoms with Gasteiger partial charge in [0.05, 0.1) is 11.1 Å². The number of halogens is 1. The molecular weight excluding hydrogens is 326 g/mol. The number of hydrogen-bond donors (Lipinski definition) is 1. The molecule has 0 aromatic heterocycles. The molecule has 0 fully saturated rings. The van der Waals surface area contributed by atoms with Crippen LogP contribution in [0.3, 0.4) is 0 Å². The first-order chi connectivity index (χ1) is 9.50. The Morgan fingerprint density at radius 3 is 2.50 bits per heavy atom. The maximum absolute atomic E-state index is 12.1. The Hall–Kier alpha value is -1.69. The number of imide groups is 1. The highest BCUT2D eigenvalue weighted by atomic mass is 79.9. The molecule has 20 heavy (non-hydrogen) atoms. The molecule has 106 valence electrons. The minimum atomic E-state index is -0.824. The number of nitrogens with zero attached hydrogens (tertiary/aromatic N) is 1. The van der Waals surface area contributed by atoms with Gasteiger partial charge in [-0.25, -0.2) is 0 Å². The first-order valence-electron chi connectivity index (χ1n) is 6.38. The predicted octanol–water partition coefficient (Wildman–Crippen LogP) is 2.69. The molecule has 0 saturated heterocycles. The van der Waals surface area contributed by atoms with Gasteiger partial charge >= 0.3 is 5.97 Å². The van der Waals surface area contributed by atoms with Crippen molar-refractivity contribution in [3.8, 4) is 0 Å². The lowest BCUT2D eigenvalue weighted by molar-refractivity contribution is -0.137. The third-order valence-corrected chi connectivity index (χ3v) is 3.70. The average molecular weight is 340 g/mol. The molecule has 0 radical (unpaired) electrons. The lowest BCUT2D eigenvalue weighted by Gasteiger charge is -2.13. The molecule has 1 N–H and O–H groups in total. The second-order valence-corrected chi connectivity index (χ2v) is 5.57. The van der Waals surface area contributed by atoms with Crippen molar-refractivity contribution in [3.63, 3.8) is 0 Å². The normalized spacial score (nSPS) is 13.8. The van der Waals surface area contributed by atoms with Crippen molar-refractivity contribution in [2.24, 2.45) is 0 Å². The summed E-state index contributed by atoms with van der Waals surface area (Å²) in [6.45, 7) is 0.337. The molecule has 1 aromatic carbocycles. The molecular formula is C14H14BrNO4. The molecule has 0 bridgehead atoms. The third-order valence-electron chi connectivity index (χ3n) is 3.21. The fraction of sp³-hybridized carbons (Fsp3) is 0.357. The number of hydrogen-bond acceptors (Lipinski definition) is 3. The van der Waals surface area contributed by atoms with E-state index in [1.165, 1.54) is 4.90 Å². The van der Waals surface area contributed by atoms with E-state index in [1.54, 1.807) is 18.2 Å². The van der Waals surface area contributed by atoms with E-state index in [2.05, 4.69) is 15.9 Å². The van der Waals surface area contributed by atoms with E-state index in [0.717, 1.165) is 4.47 Å². The molecule has 6 heteroatoms. The van der Waals surface area contributed by atoms with Crippen LogP contribution >= 0.6 is 15.9 Å². The van der Waals surface area contributed by atoms with Crippen LogP contribution in [0.25, 0.3) is 0 Å². The van der Waals surface area contributed by atoms with E-state index in [4.69, 9.17) is 5.11 Å². The van der Waals surface area contributed by atoms with E-state index in [-0.39, 0.29) is 18.2 Å². The van der Waals surface area contributed by atoms with E-state index >= 15 is 0 Å². The van der Waals surface area contributed by atoms with Crippen LogP contribution in [-0.2, 0) is 4.79 Å². The highest BCUT2D eigenvalue weighted by Crippen LogP contribution is 2.26. The lowest BCUT2D eigenvalue weighted by atomic mass is 10.1. The second-order valence-electron chi connectivity index (χ2n) is 4.66. The Balaban J connectivity index is 1.93. The van der Waals surface area contributed by atoms with E-state index in [9.17, 15) is 14.4 Å².